The number of aromatic nitrogens is 2. The van der Waals surface area contributed by atoms with Gasteiger partial charge in [-0.3, -0.25) is 0 Å². The molecule has 0 amide bonds. The lowest BCUT2D eigenvalue weighted by Gasteiger charge is -2.03. The second-order valence-corrected chi connectivity index (χ2v) is 4.67. The van der Waals surface area contributed by atoms with Gasteiger partial charge in [0.1, 0.15) is 5.75 Å². The van der Waals surface area contributed by atoms with Crippen LogP contribution >= 0.6 is 11.8 Å². The summed E-state index contributed by atoms with van der Waals surface area (Å²) < 4.78 is 33.7. The number of halogens is 2. The standard InChI is InChI=1S/C12H12F2N2O2S/c1-2-7-19-12-16-15-10(18-12)8-3-5-9(6-4-8)17-11(13)14/h3-6,11H,2,7H2,1H3. The molecule has 0 saturated carbocycles. The summed E-state index contributed by atoms with van der Waals surface area (Å²) in [5, 5.41) is 8.30. The van der Waals surface area contributed by atoms with E-state index in [4.69, 9.17) is 4.42 Å². The lowest BCUT2D eigenvalue weighted by molar-refractivity contribution is -0.0498. The van der Waals surface area contributed by atoms with Gasteiger partial charge in [0.05, 0.1) is 0 Å². The summed E-state index contributed by atoms with van der Waals surface area (Å²) in [5.74, 6) is 1.36. The molecule has 0 aliphatic rings. The Labute approximate surface area is 113 Å². The topological polar surface area (TPSA) is 48.2 Å². The highest BCUT2D eigenvalue weighted by atomic mass is 32.2. The van der Waals surface area contributed by atoms with E-state index in [1.54, 1.807) is 12.1 Å². The summed E-state index contributed by atoms with van der Waals surface area (Å²) >= 11 is 1.48. The van der Waals surface area contributed by atoms with Crippen LogP contribution in [-0.2, 0) is 0 Å². The number of hydrogen-bond acceptors (Lipinski definition) is 5. The first-order valence-corrected chi connectivity index (χ1v) is 6.69. The summed E-state index contributed by atoms with van der Waals surface area (Å²) in [5.41, 5.74) is 0.664. The van der Waals surface area contributed by atoms with E-state index in [0.29, 0.717) is 16.7 Å². The first-order valence-electron chi connectivity index (χ1n) is 5.70. The van der Waals surface area contributed by atoms with Gasteiger partial charge in [0, 0.05) is 11.3 Å². The molecule has 0 bridgehead atoms. The molecule has 102 valence electrons. The molecule has 2 rings (SSSR count). The van der Waals surface area contributed by atoms with Crippen molar-refractivity contribution in [2.24, 2.45) is 0 Å². The number of hydrogen-bond donors (Lipinski definition) is 0. The van der Waals surface area contributed by atoms with Crippen LogP contribution in [0.3, 0.4) is 0 Å². The molecule has 1 aromatic heterocycles. The van der Waals surface area contributed by atoms with Crippen LogP contribution in [0.1, 0.15) is 13.3 Å². The second kappa shape index (κ2) is 6.51. The van der Waals surface area contributed by atoms with Gasteiger partial charge in [-0.05, 0) is 30.7 Å². The minimum absolute atomic E-state index is 0.0962. The Morgan fingerprint density at radius 3 is 2.63 bits per heavy atom. The largest absolute Gasteiger partial charge is 0.435 e. The predicted octanol–water partition coefficient (Wildman–Crippen LogP) is 3.84. The average molecular weight is 286 g/mol. The predicted molar refractivity (Wildman–Crippen MR) is 67.4 cm³/mol. The van der Waals surface area contributed by atoms with Crippen molar-refractivity contribution in [1.29, 1.82) is 0 Å². The van der Waals surface area contributed by atoms with Gasteiger partial charge >= 0.3 is 6.61 Å². The van der Waals surface area contributed by atoms with Gasteiger partial charge in [-0.2, -0.15) is 8.78 Å². The molecule has 0 unspecified atom stereocenters. The normalized spacial score (nSPS) is 10.9. The smallest absolute Gasteiger partial charge is 0.387 e. The van der Waals surface area contributed by atoms with Crippen molar-refractivity contribution < 1.29 is 17.9 Å². The lowest BCUT2D eigenvalue weighted by atomic mass is 10.2. The Hall–Kier alpha value is -1.63. The lowest BCUT2D eigenvalue weighted by Crippen LogP contribution is -2.01. The van der Waals surface area contributed by atoms with Crippen LogP contribution in [0.25, 0.3) is 11.5 Å². The number of benzene rings is 1. The van der Waals surface area contributed by atoms with Gasteiger partial charge in [0.2, 0.25) is 5.89 Å². The molecule has 4 nitrogen and oxygen atoms in total. The molecular formula is C12H12F2N2O2S. The summed E-state index contributed by atoms with van der Waals surface area (Å²) in [6.45, 7) is -0.766. The minimum Gasteiger partial charge on any atom is -0.435 e. The molecule has 0 aliphatic heterocycles. The molecule has 19 heavy (non-hydrogen) atoms. The van der Waals surface area contributed by atoms with Crippen molar-refractivity contribution in [2.75, 3.05) is 5.75 Å². The fourth-order valence-corrected chi connectivity index (χ4v) is 1.97. The van der Waals surface area contributed by atoms with Crippen molar-refractivity contribution in [1.82, 2.24) is 10.2 Å². The van der Waals surface area contributed by atoms with E-state index in [9.17, 15) is 8.78 Å². The zero-order valence-electron chi connectivity index (χ0n) is 10.2. The number of rotatable bonds is 6. The van der Waals surface area contributed by atoms with Gasteiger partial charge in [0.15, 0.2) is 0 Å². The molecule has 0 atom stereocenters. The third kappa shape index (κ3) is 3.92. The van der Waals surface area contributed by atoms with E-state index < -0.39 is 6.61 Å². The Kier molecular flexibility index (Phi) is 4.73. The number of thioether (sulfide) groups is 1. The summed E-state index contributed by atoms with van der Waals surface area (Å²) in [6.07, 6.45) is 1.02. The number of nitrogens with zero attached hydrogens (tertiary/aromatic N) is 2. The van der Waals surface area contributed by atoms with Crippen molar-refractivity contribution in [3.05, 3.63) is 24.3 Å². The van der Waals surface area contributed by atoms with Crippen molar-refractivity contribution in [2.45, 2.75) is 25.2 Å². The molecule has 7 heteroatoms. The van der Waals surface area contributed by atoms with Crippen LogP contribution in [0.5, 0.6) is 5.75 Å². The fourth-order valence-electron chi connectivity index (χ4n) is 1.35. The van der Waals surface area contributed by atoms with Crippen molar-refractivity contribution in [3.63, 3.8) is 0 Å². The van der Waals surface area contributed by atoms with E-state index in [1.807, 2.05) is 0 Å². The van der Waals surface area contributed by atoms with Crippen molar-refractivity contribution in [3.8, 4) is 17.2 Å². The van der Waals surface area contributed by atoms with E-state index in [0.717, 1.165) is 12.2 Å². The average Bonchev–Trinajstić information content (AvgIpc) is 2.85. The maximum Gasteiger partial charge on any atom is 0.387 e. The van der Waals surface area contributed by atoms with Crippen LogP contribution < -0.4 is 4.74 Å². The minimum atomic E-state index is -2.83. The van der Waals surface area contributed by atoms with Gasteiger partial charge in [-0.25, -0.2) is 0 Å². The van der Waals surface area contributed by atoms with E-state index in [1.165, 1.54) is 23.9 Å². The van der Waals surface area contributed by atoms with Crippen LogP contribution in [-0.4, -0.2) is 22.6 Å². The molecular weight excluding hydrogens is 274 g/mol. The van der Waals surface area contributed by atoms with Gasteiger partial charge < -0.3 is 9.15 Å². The molecule has 2 aromatic rings. The maximum atomic E-state index is 12.0. The molecule has 1 aromatic carbocycles. The Morgan fingerprint density at radius 1 is 1.26 bits per heavy atom. The molecule has 0 N–H and O–H groups in total. The summed E-state index contributed by atoms with van der Waals surface area (Å²) in [4.78, 5) is 0. The zero-order valence-corrected chi connectivity index (χ0v) is 11.0. The Morgan fingerprint density at radius 2 is 2.00 bits per heavy atom. The Bertz CT molecular complexity index is 517. The van der Waals surface area contributed by atoms with Crippen molar-refractivity contribution >= 4 is 11.8 Å². The number of ether oxygens (including phenoxy) is 1. The quantitative estimate of drug-likeness (QED) is 0.755. The Balaban J connectivity index is 2.07. The van der Waals surface area contributed by atoms with E-state index in [2.05, 4.69) is 21.9 Å². The van der Waals surface area contributed by atoms with E-state index in [-0.39, 0.29) is 5.75 Å². The van der Waals surface area contributed by atoms with Gasteiger partial charge in [-0.15, -0.1) is 10.2 Å². The zero-order chi connectivity index (χ0) is 13.7. The van der Waals surface area contributed by atoms with Gasteiger partial charge in [-0.1, -0.05) is 18.7 Å². The summed E-state index contributed by atoms with van der Waals surface area (Å²) in [7, 11) is 0. The van der Waals surface area contributed by atoms with Crippen LogP contribution in [0, 0.1) is 0 Å². The fraction of sp³-hybridized carbons (Fsp3) is 0.333. The SMILES string of the molecule is CCCSc1nnc(-c2ccc(OC(F)F)cc2)o1. The maximum absolute atomic E-state index is 12.0. The van der Waals surface area contributed by atoms with E-state index >= 15 is 0 Å². The molecule has 0 aliphatic carbocycles. The molecule has 0 spiro atoms. The first kappa shape index (κ1) is 13.8. The third-order valence-electron chi connectivity index (χ3n) is 2.16. The highest BCUT2D eigenvalue weighted by Crippen LogP contribution is 2.25. The molecule has 0 radical (unpaired) electrons. The summed E-state index contributed by atoms with van der Waals surface area (Å²) in [6, 6.07) is 6.06. The first-order chi connectivity index (χ1) is 9.19. The van der Waals surface area contributed by atoms with Crippen LogP contribution in [0.15, 0.2) is 33.9 Å². The number of alkyl halides is 2. The molecule has 0 fully saturated rings. The van der Waals surface area contributed by atoms with Gasteiger partial charge in [0.25, 0.3) is 5.22 Å². The molecule has 1 heterocycles. The third-order valence-corrected chi connectivity index (χ3v) is 3.19. The molecule has 0 saturated heterocycles. The highest BCUT2D eigenvalue weighted by molar-refractivity contribution is 7.99. The highest BCUT2D eigenvalue weighted by Gasteiger charge is 2.10. The van der Waals surface area contributed by atoms with Crippen LogP contribution in [0.2, 0.25) is 0 Å². The van der Waals surface area contributed by atoms with Crippen LogP contribution in [0.4, 0.5) is 8.78 Å². The monoisotopic (exact) mass is 286 g/mol. The second-order valence-electron chi connectivity index (χ2n) is 3.62.